The van der Waals surface area contributed by atoms with Crippen LogP contribution < -0.4 is 27.6 Å². The van der Waals surface area contributed by atoms with Crippen molar-refractivity contribution in [3.05, 3.63) is 44.9 Å². The van der Waals surface area contributed by atoms with Gasteiger partial charge in [0, 0.05) is 31.8 Å². The molecule has 3 aliphatic rings. The van der Waals surface area contributed by atoms with Crippen LogP contribution in [0.3, 0.4) is 0 Å². The zero-order chi connectivity index (χ0) is 38.7. The molecule has 18 nitrogen and oxygen atoms in total. The molecule has 18 heteroatoms. The van der Waals surface area contributed by atoms with E-state index in [9.17, 15) is 39.0 Å². The van der Waals surface area contributed by atoms with E-state index in [1.807, 2.05) is 6.92 Å². The molecule has 2 saturated heterocycles. The van der Waals surface area contributed by atoms with Gasteiger partial charge in [0.25, 0.3) is 11.5 Å². The highest BCUT2D eigenvalue weighted by Gasteiger charge is 2.53. The average Bonchev–Trinajstić information content (AvgIpc) is 3.37. The second kappa shape index (κ2) is 19.8. The molecule has 53 heavy (non-hydrogen) atoms. The van der Waals surface area contributed by atoms with Gasteiger partial charge in [-0.05, 0) is 38.7 Å². The third-order valence-corrected chi connectivity index (χ3v) is 9.51. The zero-order valence-electron chi connectivity index (χ0n) is 30.4. The van der Waals surface area contributed by atoms with Gasteiger partial charge in [0.15, 0.2) is 18.1 Å². The SMILES string of the molecule is CCCCCCCCCC(=O)O[C@@H]1[C@H](OC)[C@@H]([C@@H](CC(N)=O)O[C@H]2OC(C(=O)N[C@H]3CCC[C@@H](C)NC3=O)=C[C@@H](O)[C@H]2O)O[C@H]1n1ccc(=O)[nH]c1=O. The predicted molar refractivity (Wildman–Crippen MR) is 186 cm³/mol. The number of carbonyl (C=O) groups is 4. The van der Waals surface area contributed by atoms with Crippen molar-refractivity contribution >= 4 is 23.7 Å². The van der Waals surface area contributed by atoms with E-state index in [0.717, 1.165) is 67.9 Å². The fourth-order valence-electron chi connectivity index (χ4n) is 6.69. The second-order valence-electron chi connectivity index (χ2n) is 13.7. The summed E-state index contributed by atoms with van der Waals surface area (Å²) in [6, 6.07) is 0.118. The summed E-state index contributed by atoms with van der Waals surface area (Å²) in [7, 11) is 1.28. The smallest absolute Gasteiger partial charge is 0.330 e. The molecule has 0 aromatic carbocycles. The normalized spacial score (nSPS) is 29.3. The van der Waals surface area contributed by atoms with E-state index in [1.54, 1.807) is 0 Å². The molecule has 4 heterocycles. The minimum Gasteiger partial charge on any atom is -0.456 e. The molecule has 1 aromatic rings. The van der Waals surface area contributed by atoms with Gasteiger partial charge in [-0.15, -0.1) is 0 Å². The van der Waals surface area contributed by atoms with Crippen LogP contribution in [0.15, 0.2) is 33.7 Å². The van der Waals surface area contributed by atoms with Gasteiger partial charge in [-0.2, -0.15) is 0 Å². The average molecular weight is 752 g/mol. The van der Waals surface area contributed by atoms with Crippen LogP contribution in [-0.2, 0) is 42.9 Å². The van der Waals surface area contributed by atoms with E-state index in [4.69, 9.17) is 29.4 Å². The van der Waals surface area contributed by atoms with Crippen molar-refractivity contribution in [2.45, 2.75) is 152 Å². The third kappa shape index (κ3) is 11.4. The fraction of sp³-hybridized carbons (Fsp3) is 0.714. The van der Waals surface area contributed by atoms with Crippen LogP contribution in [0.1, 0.15) is 97.1 Å². The number of carbonyl (C=O) groups excluding carboxylic acids is 4. The molecule has 10 atom stereocenters. The summed E-state index contributed by atoms with van der Waals surface area (Å²) in [5, 5.41) is 26.9. The highest BCUT2D eigenvalue weighted by Crippen LogP contribution is 2.37. The molecule has 2 fully saturated rings. The number of aromatic amines is 1. The van der Waals surface area contributed by atoms with Crippen molar-refractivity contribution < 1.29 is 53.1 Å². The minimum absolute atomic E-state index is 0.0680. The topological polar surface area (TPSA) is 260 Å². The van der Waals surface area contributed by atoms with Gasteiger partial charge in [-0.1, -0.05) is 45.4 Å². The minimum atomic E-state index is -1.78. The monoisotopic (exact) mass is 751 g/mol. The molecule has 296 valence electrons. The Kier molecular flexibility index (Phi) is 15.6. The molecular formula is C35H53N5O13. The molecule has 1 aromatic heterocycles. The van der Waals surface area contributed by atoms with Gasteiger partial charge < -0.3 is 50.3 Å². The third-order valence-electron chi connectivity index (χ3n) is 9.51. The predicted octanol–water partition coefficient (Wildman–Crippen LogP) is -0.102. The molecule has 0 radical (unpaired) electrons. The van der Waals surface area contributed by atoms with Crippen molar-refractivity contribution in [2.75, 3.05) is 7.11 Å². The maximum Gasteiger partial charge on any atom is 0.330 e. The zero-order valence-corrected chi connectivity index (χ0v) is 30.4. The van der Waals surface area contributed by atoms with Crippen LogP contribution in [0.4, 0.5) is 0 Å². The number of hydrogen-bond donors (Lipinski definition) is 6. The number of unbranched alkanes of at least 4 members (excludes halogenated alkanes) is 6. The van der Waals surface area contributed by atoms with E-state index < -0.39 is 96.4 Å². The number of aliphatic hydroxyl groups is 2. The molecule has 0 saturated carbocycles. The van der Waals surface area contributed by atoms with Crippen LogP contribution in [0.5, 0.6) is 0 Å². The van der Waals surface area contributed by atoms with Crippen molar-refractivity contribution in [1.82, 2.24) is 20.2 Å². The Balaban J connectivity index is 1.54. The number of ether oxygens (including phenoxy) is 5. The Bertz CT molecular complexity index is 1560. The van der Waals surface area contributed by atoms with Crippen molar-refractivity contribution in [1.29, 1.82) is 0 Å². The fourth-order valence-corrected chi connectivity index (χ4v) is 6.69. The summed E-state index contributed by atoms with van der Waals surface area (Å²) in [5.74, 6) is -3.19. The lowest BCUT2D eigenvalue weighted by molar-refractivity contribution is -0.245. The van der Waals surface area contributed by atoms with Crippen LogP contribution >= 0.6 is 0 Å². The van der Waals surface area contributed by atoms with Gasteiger partial charge in [0.2, 0.25) is 18.1 Å². The Labute approximate surface area is 306 Å². The van der Waals surface area contributed by atoms with Crippen molar-refractivity contribution in [3.8, 4) is 0 Å². The Hall–Kier alpha value is -4.10. The van der Waals surface area contributed by atoms with Crippen molar-refractivity contribution in [2.24, 2.45) is 5.73 Å². The Morgan fingerprint density at radius 3 is 2.47 bits per heavy atom. The number of aromatic nitrogens is 2. The van der Waals surface area contributed by atoms with Crippen LogP contribution in [0.25, 0.3) is 0 Å². The number of esters is 1. The summed E-state index contributed by atoms with van der Waals surface area (Å²) in [6.45, 7) is 3.98. The van der Waals surface area contributed by atoms with Crippen molar-refractivity contribution in [3.63, 3.8) is 0 Å². The highest BCUT2D eigenvalue weighted by molar-refractivity contribution is 5.95. The number of H-pyrrole nitrogens is 1. The number of nitrogens with two attached hydrogens (primary N) is 1. The molecular weight excluding hydrogens is 698 g/mol. The molecule has 0 spiro atoms. The lowest BCUT2D eigenvalue weighted by Gasteiger charge is -2.36. The molecule has 3 amide bonds. The first-order valence-corrected chi connectivity index (χ1v) is 18.3. The first kappa shape index (κ1) is 41.7. The van der Waals surface area contributed by atoms with E-state index in [-0.39, 0.29) is 18.4 Å². The van der Waals surface area contributed by atoms with E-state index >= 15 is 0 Å². The van der Waals surface area contributed by atoms with Gasteiger partial charge >= 0.3 is 11.7 Å². The van der Waals surface area contributed by atoms with Crippen LogP contribution in [0.2, 0.25) is 0 Å². The quantitative estimate of drug-likeness (QED) is 0.0847. The van der Waals surface area contributed by atoms with Gasteiger partial charge in [0.1, 0.15) is 30.5 Å². The lowest BCUT2D eigenvalue weighted by atomic mass is 10.0. The Morgan fingerprint density at radius 1 is 1.08 bits per heavy atom. The summed E-state index contributed by atoms with van der Waals surface area (Å²) >= 11 is 0. The number of aliphatic hydroxyl groups excluding tert-OH is 2. The summed E-state index contributed by atoms with van der Waals surface area (Å²) < 4.78 is 30.4. The van der Waals surface area contributed by atoms with E-state index in [1.165, 1.54) is 7.11 Å². The molecule has 0 aliphatic carbocycles. The number of nitrogens with one attached hydrogen (secondary N) is 3. The second-order valence-corrected chi connectivity index (χ2v) is 13.7. The number of primary amides is 1. The van der Waals surface area contributed by atoms with E-state index in [0.29, 0.717) is 19.3 Å². The number of amides is 3. The number of nitrogens with zero attached hydrogens (tertiary/aromatic N) is 1. The van der Waals surface area contributed by atoms with E-state index in [2.05, 4.69) is 22.5 Å². The standard InChI is InChI=1S/C35H53N5O13/c1-4-5-6-7-8-9-10-14-26(44)52-30-29(49-3)28(53-33(30)40-16-15-25(43)39-35(40)48)22(18-24(36)42)50-34-27(45)21(41)17-23(51-34)32(47)38-20-13-11-12-19(2)37-31(20)46/h15-17,19-22,27-30,33-34,41,45H,4-14,18H2,1-3H3,(H2,36,42)(H,37,46)(H,38,47)(H,39,43,48)/t19-,20+,21-,22-,27-,28-,29-,30-,33-,34+/m1/s1. The molecule has 4 rings (SSSR count). The van der Waals surface area contributed by atoms with Gasteiger partial charge in [-0.3, -0.25) is 33.5 Å². The summed E-state index contributed by atoms with van der Waals surface area (Å²) in [5.41, 5.74) is 4.01. The lowest BCUT2D eigenvalue weighted by Crippen LogP contribution is -2.52. The maximum absolute atomic E-state index is 13.2. The van der Waals surface area contributed by atoms with Gasteiger partial charge in [0.05, 0.1) is 12.5 Å². The Morgan fingerprint density at radius 2 is 1.79 bits per heavy atom. The molecule has 3 aliphatic heterocycles. The highest BCUT2D eigenvalue weighted by atomic mass is 16.7. The molecule has 0 unspecified atom stereocenters. The summed E-state index contributed by atoms with van der Waals surface area (Å²) in [6.07, 6.45) is -1.78. The molecule has 0 bridgehead atoms. The first-order valence-electron chi connectivity index (χ1n) is 18.3. The largest absolute Gasteiger partial charge is 0.456 e. The number of methoxy groups -OCH3 is 1. The van der Waals surface area contributed by atoms with Crippen LogP contribution in [-0.4, -0.2) is 106 Å². The molecule has 7 N–H and O–H groups in total. The van der Waals surface area contributed by atoms with Gasteiger partial charge in [-0.25, -0.2) is 4.79 Å². The maximum atomic E-state index is 13.2. The summed E-state index contributed by atoms with van der Waals surface area (Å²) in [4.78, 5) is 78.2. The van der Waals surface area contributed by atoms with Crippen LogP contribution in [0, 0.1) is 0 Å². The number of hydrogen-bond acceptors (Lipinski definition) is 13. The first-order chi connectivity index (χ1) is 25.3. The number of rotatable bonds is 18.